The first kappa shape index (κ1) is 21.8. The molecule has 3 heterocycles. The van der Waals surface area contributed by atoms with E-state index in [1.165, 1.54) is 4.31 Å². The van der Waals surface area contributed by atoms with E-state index in [2.05, 4.69) is 4.98 Å². The van der Waals surface area contributed by atoms with Crippen molar-refractivity contribution in [2.45, 2.75) is 17.7 Å². The molecule has 0 saturated carbocycles. The molecule has 1 fully saturated rings. The van der Waals surface area contributed by atoms with Crippen LogP contribution in [-0.4, -0.2) is 79.6 Å². The molecule has 2 aliphatic rings. The molecule has 0 atom stereocenters. The van der Waals surface area contributed by atoms with Gasteiger partial charge in [0.1, 0.15) is 16.3 Å². The monoisotopic (exact) mass is 448 g/mol. The Labute approximate surface area is 182 Å². The molecule has 0 bridgehead atoms. The van der Waals surface area contributed by atoms with Gasteiger partial charge in [0.2, 0.25) is 10.0 Å². The van der Waals surface area contributed by atoms with Crippen molar-refractivity contribution in [3.8, 4) is 5.75 Å². The van der Waals surface area contributed by atoms with Crippen molar-refractivity contribution >= 4 is 15.9 Å². The van der Waals surface area contributed by atoms with Crippen LogP contribution in [0.1, 0.15) is 23.3 Å². The van der Waals surface area contributed by atoms with Crippen molar-refractivity contribution in [2.24, 2.45) is 12.5 Å². The maximum atomic E-state index is 13.4. The lowest BCUT2D eigenvalue weighted by Gasteiger charge is -2.44. The smallest absolute Gasteiger partial charge is 0.272 e. The number of methoxy groups -OCH3 is 1. The van der Waals surface area contributed by atoms with Crippen LogP contribution in [0.5, 0.6) is 5.75 Å². The Morgan fingerprint density at radius 3 is 2.68 bits per heavy atom. The summed E-state index contributed by atoms with van der Waals surface area (Å²) in [7, 11) is -0.368. The first-order valence-electron chi connectivity index (χ1n) is 10.3. The zero-order valence-corrected chi connectivity index (χ0v) is 18.7. The molecule has 0 N–H and O–H groups in total. The second kappa shape index (κ2) is 8.60. The van der Waals surface area contributed by atoms with Gasteiger partial charge in [-0.2, -0.15) is 4.31 Å². The summed E-state index contributed by atoms with van der Waals surface area (Å²) in [6.07, 6.45) is 4.48. The fourth-order valence-corrected chi connectivity index (χ4v) is 5.93. The van der Waals surface area contributed by atoms with Crippen LogP contribution in [0.2, 0.25) is 0 Å². The molecular formula is C21H28N4O5S. The minimum absolute atomic E-state index is 0.0594. The summed E-state index contributed by atoms with van der Waals surface area (Å²) in [5, 5.41) is 0. The number of piperidine rings is 1. The summed E-state index contributed by atoms with van der Waals surface area (Å²) in [6, 6.07) is 6.75. The van der Waals surface area contributed by atoms with Crippen LogP contribution in [0.25, 0.3) is 0 Å². The molecule has 1 spiro atoms. The highest BCUT2D eigenvalue weighted by atomic mass is 32.2. The number of amides is 1. The molecule has 1 aromatic carbocycles. The minimum atomic E-state index is -3.72. The molecule has 0 unspecified atom stereocenters. The number of hydrogen-bond acceptors (Lipinski definition) is 6. The molecule has 1 saturated heterocycles. The number of ether oxygens (including phenoxy) is 2. The average Bonchev–Trinajstić information content (AvgIpc) is 3.20. The van der Waals surface area contributed by atoms with Crippen LogP contribution < -0.4 is 4.74 Å². The normalized spacial score (nSPS) is 20.5. The number of carbonyl (C=O) groups is 1. The summed E-state index contributed by atoms with van der Waals surface area (Å²) in [4.78, 5) is 18.9. The highest BCUT2D eigenvalue weighted by Gasteiger charge is 2.43. The standard InChI is InChI=1S/C21H28N4O5S/c1-23-16-22-13-17(23)20(26)24-9-7-21(8-10-24)14-25(11-12-29-2)31(27,28)19-6-4-3-5-18(19)30-15-21/h3-6,13,16H,7-12,14-15H2,1-2H3. The van der Waals surface area contributed by atoms with Gasteiger partial charge in [0.15, 0.2) is 0 Å². The van der Waals surface area contributed by atoms with E-state index in [4.69, 9.17) is 9.47 Å². The SMILES string of the molecule is COCCN1CC2(CCN(C(=O)c3cncn3C)CC2)COc2ccccc2S1(=O)=O. The van der Waals surface area contributed by atoms with Gasteiger partial charge in [0.25, 0.3) is 5.91 Å². The van der Waals surface area contributed by atoms with Gasteiger partial charge in [0, 0.05) is 45.8 Å². The number of fused-ring (bicyclic) bond motifs is 1. The number of aromatic nitrogens is 2. The van der Waals surface area contributed by atoms with Crippen molar-refractivity contribution in [2.75, 3.05) is 46.5 Å². The van der Waals surface area contributed by atoms with Gasteiger partial charge < -0.3 is 18.9 Å². The topological polar surface area (TPSA) is 94.0 Å². The van der Waals surface area contributed by atoms with Crippen molar-refractivity contribution < 1.29 is 22.7 Å². The van der Waals surface area contributed by atoms with Gasteiger partial charge in [-0.1, -0.05) is 12.1 Å². The Bertz CT molecular complexity index is 1040. The predicted molar refractivity (Wildman–Crippen MR) is 113 cm³/mol. The van der Waals surface area contributed by atoms with Crippen molar-refractivity contribution in [3.05, 3.63) is 42.5 Å². The third-order valence-electron chi connectivity index (χ3n) is 6.20. The molecule has 0 radical (unpaired) electrons. The summed E-state index contributed by atoms with van der Waals surface area (Å²) < 4.78 is 41.2. The van der Waals surface area contributed by atoms with Gasteiger partial charge in [0.05, 0.1) is 25.7 Å². The largest absolute Gasteiger partial charge is 0.492 e. The molecule has 168 valence electrons. The maximum Gasteiger partial charge on any atom is 0.272 e. The molecule has 1 aromatic heterocycles. The highest BCUT2D eigenvalue weighted by Crippen LogP contribution is 2.39. The molecule has 10 heteroatoms. The number of benzene rings is 1. The van der Waals surface area contributed by atoms with Crippen LogP contribution >= 0.6 is 0 Å². The van der Waals surface area contributed by atoms with Crippen molar-refractivity contribution in [1.82, 2.24) is 18.8 Å². The number of carbonyl (C=O) groups excluding carboxylic acids is 1. The van der Waals surface area contributed by atoms with E-state index in [1.807, 2.05) is 4.90 Å². The lowest BCUT2D eigenvalue weighted by Crippen LogP contribution is -2.53. The molecule has 9 nitrogen and oxygen atoms in total. The Kier molecular flexibility index (Phi) is 6.05. The first-order chi connectivity index (χ1) is 14.9. The van der Waals surface area contributed by atoms with Crippen LogP contribution in [0, 0.1) is 5.41 Å². The Morgan fingerprint density at radius 2 is 2.00 bits per heavy atom. The van der Waals surface area contributed by atoms with Gasteiger partial charge in [-0.15, -0.1) is 0 Å². The van der Waals surface area contributed by atoms with E-state index in [9.17, 15) is 13.2 Å². The van der Waals surface area contributed by atoms with E-state index in [0.29, 0.717) is 57.1 Å². The van der Waals surface area contributed by atoms with E-state index in [-0.39, 0.29) is 22.8 Å². The first-order valence-corrected chi connectivity index (χ1v) is 11.8. The second-order valence-corrected chi connectivity index (χ2v) is 10.2. The summed E-state index contributed by atoms with van der Waals surface area (Å²) in [5.41, 5.74) is 0.167. The Hall–Kier alpha value is -2.43. The molecule has 2 aromatic rings. The lowest BCUT2D eigenvalue weighted by molar-refractivity contribution is 0.0271. The van der Waals surface area contributed by atoms with Crippen LogP contribution in [0.15, 0.2) is 41.7 Å². The fraction of sp³-hybridized carbons (Fsp3) is 0.524. The fourth-order valence-electron chi connectivity index (χ4n) is 4.26. The predicted octanol–water partition coefficient (Wildman–Crippen LogP) is 1.37. The quantitative estimate of drug-likeness (QED) is 0.701. The molecular weight excluding hydrogens is 420 g/mol. The van der Waals surface area contributed by atoms with Crippen LogP contribution in [-0.2, 0) is 21.8 Å². The second-order valence-electron chi connectivity index (χ2n) is 8.25. The third kappa shape index (κ3) is 4.19. The van der Waals surface area contributed by atoms with Gasteiger partial charge in [-0.3, -0.25) is 4.79 Å². The highest BCUT2D eigenvalue weighted by molar-refractivity contribution is 7.89. The molecule has 1 amide bonds. The number of likely N-dealkylation sites (tertiary alicyclic amines) is 1. The average molecular weight is 449 g/mol. The summed E-state index contributed by atoms with van der Waals surface area (Å²) in [5.74, 6) is 0.313. The number of rotatable bonds is 4. The zero-order chi connectivity index (χ0) is 22.1. The number of nitrogens with zero attached hydrogens (tertiary/aromatic N) is 4. The van der Waals surface area contributed by atoms with Crippen molar-refractivity contribution in [1.29, 1.82) is 0 Å². The van der Waals surface area contributed by atoms with E-state index >= 15 is 0 Å². The lowest BCUT2D eigenvalue weighted by atomic mass is 9.78. The van der Waals surface area contributed by atoms with Crippen molar-refractivity contribution in [3.63, 3.8) is 0 Å². The number of sulfonamides is 1. The zero-order valence-electron chi connectivity index (χ0n) is 17.9. The molecule has 4 rings (SSSR count). The number of aryl methyl sites for hydroxylation is 1. The van der Waals surface area contributed by atoms with Gasteiger partial charge in [-0.25, -0.2) is 13.4 Å². The minimum Gasteiger partial charge on any atom is -0.492 e. The summed E-state index contributed by atoms with van der Waals surface area (Å²) in [6.45, 7) is 2.38. The van der Waals surface area contributed by atoms with Crippen LogP contribution in [0.3, 0.4) is 0 Å². The molecule has 31 heavy (non-hydrogen) atoms. The number of para-hydroxylation sites is 1. The Balaban J connectivity index is 1.58. The van der Waals surface area contributed by atoms with E-state index in [1.54, 1.807) is 55.5 Å². The number of imidazole rings is 1. The van der Waals surface area contributed by atoms with Gasteiger partial charge in [-0.05, 0) is 25.0 Å². The third-order valence-corrected chi connectivity index (χ3v) is 8.09. The van der Waals surface area contributed by atoms with Crippen LogP contribution in [0.4, 0.5) is 0 Å². The Morgan fingerprint density at radius 1 is 1.26 bits per heavy atom. The van der Waals surface area contributed by atoms with Gasteiger partial charge >= 0.3 is 0 Å². The molecule has 0 aliphatic carbocycles. The number of hydrogen-bond donors (Lipinski definition) is 0. The maximum absolute atomic E-state index is 13.4. The summed E-state index contributed by atoms with van der Waals surface area (Å²) >= 11 is 0. The van der Waals surface area contributed by atoms with E-state index < -0.39 is 10.0 Å². The molecule has 2 aliphatic heterocycles. The van der Waals surface area contributed by atoms with E-state index in [0.717, 1.165) is 0 Å².